The van der Waals surface area contributed by atoms with Gasteiger partial charge >= 0.3 is 7.82 Å². The first-order valence-corrected chi connectivity index (χ1v) is 24.0. The van der Waals surface area contributed by atoms with E-state index < -0.39 is 14.1 Å². The lowest BCUT2D eigenvalue weighted by Crippen LogP contribution is -2.02. The molecule has 0 aromatic carbocycles. The van der Waals surface area contributed by atoms with Crippen molar-refractivity contribution in [3.05, 3.63) is 0 Å². The van der Waals surface area contributed by atoms with Crippen LogP contribution in [0.15, 0.2) is 0 Å². The number of hydrogen-bond acceptors (Lipinski definition) is 4. The Morgan fingerprint density at radius 1 is 0.333 bits per heavy atom. The van der Waals surface area contributed by atoms with Crippen molar-refractivity contribution in [2.24, 2.45) is 0 Å². The first-order chi connectivity index (χ1) is 24.7. The number of rotatable bonds is 39. The fourth-order valence-electron chi connectivity index (χ4n) is 6.60. The molecule has 0 fully saturated rings. The molecular weight excluding hydrogens is 659 g/mol. The monoisotopic (exact) mass is 753 g/mol. The van der Waals surface area contributed by atoms with Gasteiger partial charge < -0.3 is 30.0 Å². The highest BCUT2D eigenvalue weighted by Crippen LogP contribution is 2.26. The van der Waals surface area contributed by atoms with Crippen LogP contribution in [0.1, 0.15) is 264 Å². The van der Waals surface area contributed by atoms with E-state index in [1.807, 2.05) is 0 Å². The Bertz CT molecular complexity index is 595. The Morgan fingerprint density at radius 2 is 0.490 bits per heavy atom. The van der Waals surface area contributed by atoms with Gasteiger partial charge in [0, 0.05) is 6.61 Å². The van der Waals surface area contributed by atoms with Crippen LogP contribution in [0.3, 0.4) is 0 Å². The highest BCUT2D eigenvalue weighted by molar-refractivity contribution is 7.45. The Labute approximate surface area is 318 Å². The van der Waals surface area contributed by atoms with Crippen molar-refractivity contribution >= 4 is 7.82 Å². The molecule has 0 spiro atoms. The van der Waals surface area contributed by atoms with Crippen LogP contribution in [-0.4, -0.2) is 42.9 Å². The van der Waals surface area contributed by atoms with Gasteiger partial charge in [-0.25, -0.2) is 4.57 Å². The van der Waals surface area contributed by atoms with Crippen LogP contribution in [-0.2, 0) is 4.57 Å². The fourth-order valence-corrected chi connectivity index (χ4v) is 6.60. The summed E-state index contributed by atoms with van der Waals surface area (Å²) in [6, 6.07) is 0. The summed E-state index contributed by atoms with van der Waals surface area (Å²) in [5.41, 5.74) is 0. The lowest BCUT2D eigenvalue weighted by Gasteiger charge is -2.04. The van der Waals surface area contributed by atoms with Crippen LogP contribution >= 0.6 is 7.82 Å². The van der Waals surface area contributed by atoms with Gasteiger partial charge in [0.05, 0.1) is 0 Å². The number of unbranched alkanes of at least 4 members (excludes halogenated alkanes) is 36. The van der Waals surface area contributed by atoms with E-state index in [2.05, 4.69) is 13.8 Å². The normalized spacial score (nSPS) is 11.4. The van der Waals surface area contributed by atoms with Crippen LogP contribution in [0.2, 0.25) is 0 Å². The number of aliphatic hydroxyl groups is 3. The van der Waals surface area contributed by atoms with Gasteiger partial charge in [-0.15, -0.1) is 0 Å². The molecule has 0 heterocycles. The van der Waals surface area contributed by atoms with Crippen LogP contribution in [0.25, 0.3) is 0 Å². The van der Waals surface area contributed by atoms with E-state index in [1.54, 1.807) is 0 Å². The third-order valence-corrected chi connectivity index (χ3v) is 9.83. The molecule has 0 aliphatic rings. The number of aliphatic hydroxyl groups excluding tert-OH is 2. The molecule has 0 rings (SSSR count). The van der Waals surface area contributed by atoms with Gasteiger partial charge in [0.1, 0.15) is 0 Å². The topological polar surface area (TPSA) is 138 Å². The molecule has 51 heavy (non-hydrogen) atoms. The lowest BCUT2D eigenvalue weighted by molar-refractivity contribution is -0.0466. The summed E-state index contributed by atoms with van der Waals surface area (Å²) in [5, 5.41) is 26.1. The second-order valence-corrected chi connectivity index (χ2v) is 16.3. The smallest absolute Gasteiger partial charge is 0.396 e. The minimum Gasteiger partial charge on any atom is -0.396 e. The summed E-state index contributed by atoms with van der Waals surface area (Å²) in [5.74, 6) is 0. The molecule has 0 aliphatic carbocycles. The molecule has 0 aromatic rings. The van der Waals surface area contributed by atoms with Gasteiger partial charge in [0.2, 0.25) is 0 Å². The summed E-state index contributed by atoms with van der Waals surface area (Å²) >= 11 is 0. The Balaban J connectivity index is -0.000000879. The summed E-state index contributed by atoms with van der Waals surface area (Å²) in [7, 11) is -4.64. The van der Waals surface area contributed by atoms with Gasteiger partial charge in [-0.05, 0) is 19.3 Å². The van der Waals surface area contributed by atoms with E-state index in [-0.39, 0.29) is 0 Å². The Kier molecular flexibility index (Phi) is 54.2. The van der Waals surface area contributed by atoms with Crippen LogP contribution < -0.4 is 0 Å². The maximum Gasteiger partial charge on any atom is 0.466 e. The van der Waals surface area contributed by atoms with Crippen LogP contribution in [0.4, 0.5) is 0 Å². The molecule has 6 N–H and O–H groups in total. The van der Waals surface area contributed by atoms with E-state index >= 15 is 0 Å². The zero-order valence-corrected chi connectivity index (χ0v) is 35.3. The van der Waals surface area contributed by atoms with Gasteiger partial charge in [0.25, 0.3) is 0 Å². The van der Waals surface area contributed by atoms with Gasteiger partial charge in [-0.3, -0.25) is 0 Å². The molecule has 0 bridgehead atoms. The first-order valence-electron chi connectivity index (χ1n) is 22.4. The summed E-state index contributed by atoms with van der Waals surface area (Å²) in [6.45, 7) is 4.93. The second-order valence-electron chi connectivity index (χ2n) is 15.2. The molecule has 0 amide bonds. The summed E-state index contributed by atoms with van der Waals surface area (Å²) in [6.07, 6.45) is 52.3. The van der Waals surface area contributed by atoms with Crippen molar-refractivity contribution in [3.8, 4) is 0 Å². The zero-order valence-electron chi connectivity index (χ0n) is 34.4. The van der Waals surface area contributed by atoms with Crippen molar-refractivity contribution in [2.45, 2.75) is 271 Å². The van der Waals surface area contributed by atoms with Crippen LogP contribution in [0, 0.1) is 0 Å². The highest BCUT2D eigenvalue weighted by Gasteiger charge is 2.00. The van der Waals surface area contributed by atoms with Gasteiger partial charge in [0.15, 0.2) is 6.29 Å². The average Bonchev–Trinajstić information content (AvgIpc) is 3.08. The van der Waals surface area contributed by atoms with Gasteiger partial charge in [-0.2, -0.15) is 0 Å². The highest BCUT2D eigenvalue weighted by atomic mass is 31.2. The SMILES string of the molecule is CCCCCCCCCCCCCCC(O)O.CCCCCCCCCCCCCCCCCCCCCCCCCCCCO.O=P(O)(O)O. The standard InChI is InChI=1S/C28H58O.C15H32O2.H3O4P/c1-2-3-4-5-6-7-8-9-10-11-12-13-14-15-16-17-18-19-20-21-22-23-24-25-26-27-28-29;1-2-3-4-5-6-7-8-9-10-11-12-13-14-15(16)17;1-5(2,3)4/h29H,2-28H2,1H3;15-17H,2-14H2,1H3;(H3,1,2,3,4). The van der Waals surface area contributed by atoms with Crippen molar-refractivity contribution in [2.75, 3.05) is 6.61 Å². The predicted molar refractivity (Wildman–Crippen MR) is 221 cm³/mol. The maximum atomic E-state index is 8.88. The zero-order chi connectivity index (χ0) is 38.4. The number of phosphoric acid groups is 1. The van der Waals surface area contributed by atoms with E-state index in [9.17, 15) is 0 Å². The van der Waals surface area contributed by atoms with E-state index in [1.165, 1.54) is 225 Å². The lowest BCUT2D eigenvalue weighted by atomic mass is 10.0. The maximum absolute atomic E-state index is 8.88. The van der Waals surface area contributed by atoms with Crippen molar-refractivity contribution in [3.63, 3.8) is 0 Å². The molecule has 312 valence electrons. The number of hydrogen-bond donors (Lipinski definition) is 6. The molecule has 0 aromatic heterocycles. The van der Waals surface area contributed by atoms with E-state index in [0.717, 1.165) is 19.3 Å². The minimum atomic E-state index is -4.64. The third-order valence-electron chi connectivity index (χ3n) is 9.83. The molecule has 0 unspecified atom stereocenters. The fraction of sp³-hybridized carbons (Fsp3) is 1.00. The largest absolute Gasteiger partial charge is 0.466 e. The Morgan fingerprint density at radius 3 is 0.647 bits per heavy atom. The molecule has 7 nitrogen and oxygen atoms in total. The molecule has 8 heteroatoms. The van der Waals surface area contributed by atoms with Crippen molar-refractivity contribution < 1.29 is 34.6 Å². The molecule has 0 saturated heterocycles. The average molecular weight is 753 g/mol. The second kappa shape index (κ2) is 50.0. The molecule has 0 radical (unpaired) electrons. The third kappa shape index (κ3) is 72.0. The molecule has 0 atom stereocenters. The first kappa shape index (κ1) is 55.3. The molecule has 0 saturated carbocycles. The van der Waals surface area contributed by atoms with E-state index in [4.69, 9.17) is 34.6 Å². The van der Waals surface area contributed by atoms with Crippen molar-refractivity contribution in [1.29, 1.82) is 0 Å². The Hall–Kier alpha value is -0.0100. The predicted octanol–water partition coefficient (Wildman–Crippen LogP) is 13.6. The minimum absolute atomic E-state index is 0.374. The van der Waals surface area contributed by atoms with Crippen molar-refractivity contribution in [1.82, 2.24) is 0 Å². The van der Waals surface area contributed by atoms with E-state index in [0.29, 0.717) is 13.0 Å². The summed E-state index contributed by atoms with van der Waals surface area (Å²) < 4.78 is 8.88. The molecule has 0 aliphatic heterocycles. The molecular formula is C43H93O7P. The summed E-state index contributed by atoms with van der Waals surface area (Å²) in [4.78, 5) is 21.6. The quantitative estimate of drug-likeness (QED) is 0.0209. The van der Waals surface area contributed by atoms with Crippen LogP contribution in [0.5, 0.6) is 0 Å². The van der Waals surface area contributed by atoms with Gasteiger partial charge in [-0.1, -0.05) is 245 Å².